The minimum atomic E-state index is 0.116. The van der Waals surface area contributed by atoms with Crippen molar-refractivity contribution in [2.45, 2.75) is 88.8 Å². The van der Waals surface area contributed by atoms with Gasteiger partial charge in [-0.25, -0.2) is 0 Å². The molecule has 3 heteroatoms. The van der Waals surface area contributed by atoms with Crippen LogP contribution in [0.4, 0.5) is 0 Å². The molecule has 21 heavy (non-hydrogen) atoms. The lowest BCUT2D eigenvalue weighted by Gasteiger charge is -2.43. The van der Waals surface area contributed by atoms with Gasteiger partial charge in [-0.05, 0) is 32.6 Å². The van der Waals surface area contributed by atoms with E-state index in [-0.39, 0.29) is 5.60 Å². The van der Waals surface area contributed by atoms with E-state index in [1.807, 2.05) is 0 Å². The van der Waals surface area contributed by atoms with Crippen LogP contribution >= 0.6 is 0 Å². The smallest absolute Gasteiger partial charge is 0.0902 e. The molecule has 1 heterocycles. The first-order chi connectivity index (χ1) is 10.3. The maximum absolute atomic E-state index is 6.17. The Morgan fingerprint density at radius 1 is 0.905 bits per heavy atom. The van der Waals surface area contributed by atoms with Crippen molar-refractivity contribution in [1.82, 2.24) is 10.2 Å². The highest BCUT2D eigenvalue weighted by atomic mass is 16.5. The molecule has 2 saturated carbocycles. The molecule has 3 nitrogen and oxygen atoms in total. The van der Waals surface area contributed by atoms with Crippen LogP contribution in [0, 0.1) is 0 Å². The zero-order chi connectivity index (χ0) is 14.5. The fraction of sp³-hybridized carbons (Fsp3) is 1.00. The van der Waals surface area contributed by atoms with Crippen LogP contribution in [0.25, 0.3) is 0 Å². The molecule has 1 saturated heterocycles. The summed E-state index contributed by atoms with van der Waals surface area (Å²) < 4.78 is 6.17. The van der Waals surface area contributed by atoms with Crippen molar-refractivity contribution in [3.63, 3.8) is 0 Å². The Hall–Kier alpha value is -0.120. The van der Waals surface area contributed by atoms with Gasteiger partial charge in [0, 0.05) is 31.7 Å². The molecule has 3 rings (SSSR count). The molecule has 0 aromatic carbocycles. The van der Waals surface area contributed by atoms with Crippen molar-refractivity contribution in [2.75, 3.05) is 26.2 Å². The predicted molar refractivity (Wildman–Crippen MR) is 87.7 cm³/mol. The Balaban J connectivity index is 1.52. The molecular weight excluding hydrogens is 260 g/mol. The molecular formula is C18H34N2O. The number of rotatable bonds is 6. The summed E-state index contributed by atoms with van der Waals surface area (Å²) in [4.78, 5) is 2.85. The fourth-order valence-electron chi connectivity index (χ4n) is 4.47. The summed E-state index contributed by atoms with van der Waals surface area (Å²) in [5.41, 5.74) is 0.116. The Labute approximate surface area is 130 Å². The molecule has 3 fully saturated rings. The predicted octanol–water partition coefficient (Wildman–Crippen LogP) is 3.33. The highest BCUT2D eigenvalue weighted by Gasteiger charge is 2.33. The van der Waals surface area contributed by atoms with Gasteiger partial charge in [0.2, 0.25) is 0 Å². The van der Waals surface area contributed by atoms with E-state index >= 15 is 0 Å². The number of nitrogens with zero attached hydrogens (tertiary/aromatic N) is 1. The van der Waals surface area contributed by atoms with E-state index in [1.165, 1.54) is 64.2 Å². The molecule has 0 aromatic rings. The van der Waals surface area contributed by atoms with Gasteiger partial charge >= 0.3 is 0 Å². The summed E-state index contributed by atoms with van der Waals surface area (Å²) >= 11 is 0. The maximum atomic E-state index is 6.17. The van der Waals surface area contributed by atoms with Gasteiger partial charge in [-0.2, -0.15) is 0 Å². The minimum Gasteiger partial charge on any atom is -0.371 e. The first kappa shape index (κ1) is 15.8. The van der Waals surface area contributed by atoms with E-state index in [0.717, 1.165) is 38.3 Å². The molecule has 0 radical (unpaired) electrons. The van der Waals surface area contributed by atoms with Gasteiger partial charge < -0.3 is 10.1 Å². The van der Waals surface area contributed by atoms with Crippen LogP contribution in [0.2, 0.25) is 0 Å². The molecule has 1 aliphatic heterocycles. The first-order valence-corrected chi connectivity index (χ1v) is 9.37. The fourth-order valence-corrected chi connectivity index (χ4v) is 4.47. The van der Waals surface area contributed by atoms with E-state index in [2.05, 4.69) is 17.1 Å². The van der Waals surface area contributed by atoms with Crippen LogP contribution in [-0.4, -0.2) is 48.8 Å². The van der Waals surface area contributed by atoms with Gasteiger partial charge in [-0.15, -0.1) is 0 Å². The second-order valence-corrected chi connectivity index (χ2v) is 7.72. The average molecular weight is 294 g/mol. The van der Waals surface area contributed by atoms with Gasteiger partial charge in [-0.3, -0.25) is 4.90 Å². The Morgan fingerprint density at radius 3 is 1.86 bits per heavy atom. The highest BCUT2D eigenvalue weighted by Crippen LogP contribution is 2.30. The standard InChI is InChI=1S/C18H34N2O/c1-18(14-19-15-18)21-13-12-20(16-8-4-2-5-9-16)17-10-6-3-7-11-17/h16-17,19H,2-15H2,1H3. The van der Waals surface area contributed by atoms with Crippen LogP contribution in [-0.2, 0) is 4.74 Å². The van der Waals surface area contributed by atoms with Crippen molar-refractivity contribution in [2.24, 2.45) is 0 Å². The second-order valence-electron chi connectivity index (χ2n) is 7.72. The number of ether oxygens (including phenoxy) is 1. The maximum Gasteiger partial charge on any atom is 0.0902 e. The topological polar surface area (TPSA) is 24.5 Å². The Morgan fingerprint density at radius 2 is 1.43 bits per heavy atom. The number of nitrogens with one attached hydrogen (secondary N) is 1. The third-order valence-electron chi connectivity index (χ3n) is 5.89. The van der Waals surface area contributed by atoms with Gasteiger partial charge in [-0.1, -0.05) is 38.5 Å². The molecule has 3 aliphatic rings. The molecule has 0 bridgehead atoms. The lowest BCUT2D eigenvalue weighted by Crippen LogP contribution is -2.59. The molecule has 0 amide bonds. The monoisotopic (exact) mass is 294 g/mol. The van der Waals surface area contributed by atoms with Crippen molar-refractivity contribution in [1.29, 1.82) is 0 Å². The molecule has 0 aromatic heterocycles. The van der Waals surface area contributed by atoms with E-state index in [0.29, 0.717) is 0 Å². The average Bonchev–Trinajstić information content (AvgIpc) is 2.51. The molecule has 0 atom stereocenters. The largest absolute Gasteiger partial charge is 0.371 e. The third kappa shape index (κ3) is 4.20. The summed E-state index contributed by atoms with van der Waals surface area (Å²) in [6.45, 7) is 6.38. The third-order valence-corrected chi connectivity index (χ3v) is 5.89. The number of hydrogen-bond donors (Lipinski definition) is 1. The van der Waals surface area contributed by atoms with Crippen molar-refractivity contribution in [3.05, 3.63) is 0 Å². The molecule has 1 N–H and O–H groups in total. The van der Waals surface area contributed by atoms with Crippen LogP contribution in [0.15, 0.2) is 0 Å². The van der Waals surface area contributed by atoms with Gasteiger partial charge in [0.05, 0.1) is 12.2 Å². The van der Waals surface area contributed by atoms with Gasteiger partial charge in [0.15, 0.2) is 0 Å². The van der Waals surface area contributed by atoms with Crippen LogP contribution < -0.4 is 5.32 Å². The Bertz CT molecular complexity index is 286. The highest BCUT2D eigenvalue weighted by molar-refractivity contribution is 4.90. The van der Waals surface area contributed by atoms with Crippen LogP contribution in [0.5, 0.6) is 0 Å². The summed E-state index contributed by atoms with van der Waals surface area (Å²) in [6, 6.07) is 1.69. The summed E-state index contributed by atoms with van der Waals surface area (Å²) in [7, 11) is 0. The van der Waals surface area contributed by atoms with Gasteiger partial charge in [0.25, 0.3) is 0 Å². The summed E-state index contributed by atoms with van der Waals surface area (Å²) in [6.07, 6.45) is 14.4. The van der Waals surface area contributed by atoms with Crippen LogP contribution in [0.3, 0.4) is 0 Å². The van der Waals surface area contributed by atoms with Gasteiger partial charge in [0.1, 0.15) is 0 Å². The first-order valence-electron chi connectivity index (χ1n) is 9.37. The van der Waals surface area contributed by atoms with Crippen LogP contribution in [0.1, 0.15) is 71.1 Å². The normalized spacial score (nSPS) is 27.7. The molecule has 2 aliphatic carbocycles. The zero-order valence-electron chi connectivity index (χ0n) is 13.9. The quantitative estimate of drug-likeness (QED) is 0.813. The van der Waals surface area contributed by atoms with E-state index in [4.69, 9.17) is 4.74 Å². The zero-order valence-corrected chi connectivity index (χ0v) is 13.9. The number of hydrogen-bond acceptors (Lipinski definition) is 3. The molecule has 122 valence electrons. The summed E-state index contributed by atoms with van der Waals surface area (Å²) in [5.74, 6) is 0. The van der Waals surface area contributed by atoms with Crippen molar-refractivity contribution >= 4 is 0 Å². The lowest BCUT2D eigenvalue weighted by molar-refractivity contribution is -0.0799. The summed E-state index contributed by atoms with van der Waals surface area (Å²) in [5, 5.41) is 3.33. The Kier molecular flexibility index (Phi) is 5.58. The minimum absolute atomic E-state index is 0.116. The molecule has 0 spiro atoms. The second kappa shape index (κ2) is 7.43. The van der Waals surface area contributed by atoms with E-state index in [9.17, 15) is 0 Å². The van der Waals surface area contributed by atoms with Crippen molar-refractivity contribution < 1.29 is 4.74 Å². The SMILES string of the molecule is CC1(OCCN(C2CCCCC2)C2CCCCC2)CNC1. The van der Waals surface area contributed by atoms with E-state index < -0.39 is 0 Å². The van der Waals surface area contributed by atoms with Crippen molar-refractivity contribution in [3.8, 4) is 0 Å². The lowest BCUT2D eigenvalue weighted by atomic mass is 9.88. The van der Waals surface area contributed by atoms with E-state index in [1.54, 1.807) is 0 Å². The molecule has 0 unspecified atom stereocenters.